The predicted octanol–water partition coefficient (Wildman–Crippen LogP) is 5.88. The predicted molar refractivity (Wildman–Crippen MR) is 126 cm³/mol. The molecule has 8 heteroatoms. The van der Waals surface area contributed by atoms with E-state index in [2.05, 4.69) is 11.4 Å². The molecule has 0 unspecified atom stereocenters. The highest BCUT2D eigenvalue weighted by Crippen LogP contribution is 2.39. The molecule has 1 heterocycles. The molecule has 0 saturated carbocycles. The van der Waals surface area contributed by atoms with E-state index in [1.165, 1.54) is 24.5 Å². The van der Waals surface area contributed by atoms with Gasteiger partial charge in [-0.25, -0.2) is 0 Å². The minimum absolute atomic E-state index is 0.0470. The fraction of sp³-hybridized carbons (Fsp3) is 0.375. The second kappa shape index (κ2) is 10.5. The van der Waals surface area contributed by atoms with Crippen LogP contribution >= 0.6 is 22.9 Å². The van der Waals surface area contributed by atoms with Crippen LogP contribution in [-0.4, -0.2) is 19.1 Å². The minimum atomic E-state index is -0.572. The largest absolute Gasteiger partial charge is 0.493 e. The van der Waals surface area contributed by atoms with Crippen LogP contribution in [0.15, 0.2) is 17.7 Å². The third-order valence-corrected chi connectivity index (χ3v) is 6.82. The normalized spacial score (nSPS) is 14.0. The van der Waals surface area contributed by atoms with Crippen molar-refractivity contribution >= 4 is 39.9 Å². The first-order valence-electron chi connectivity index (χ1n) is 10.4. The molecule has 1 N–H and O–H groups in total. The summed E-state index contributed by atoms with van der Waals surface area (Å²) in [6.07, 6.45) is 6.06. The molecule has 166 valence electrons. The summed E-state index contributed by atoms with van der Waals surface area (Å²) in [6, 6.07) is 7.44. The maximum Gasteiger partial charge on any atom is 0.266 e. The van der Waals surface area contributed by atoms with Crippen LogP contribution in [0.3, 0.4) is 0 Å². The first kappa shape index (κ1) is 23.7. The van der Waals surface area contributed by atoms with Crippen molar-refractivity contribution in [2.45, 2.75) is 52.1 Å². The van der Waals surface area contributed by atoms with Gasteiger partial charge in [-0.15, -0.1) is 11.3 Å². The number of carbonyl (C=O) groups is 1. The van der Waals surface area contributed by atoms with Crippen LogP contribution in [0.1, 0.15) is 54.7 Å². The molecule has 0 aliphatic heterocycles. The number of amides is 1. The van der Waals surface area contributed by atoms with Gasteiger partial charge in [-0.05, 0) is 68.4 Å². The summed E-state index contributed by atoms with van der Waals surface area (Å²) in [5.41, 5.74) is 1.96. The zero-order valence-electron chi connectivity index (χ0n) is 18.3. The van der Waals surface area contributed by atoms with E-state index >= 15 is 0 Å². The minimum Gasteiger partial charge on any atom is -0.493 e. The Morgan fingerprint density at radius 1 is 1.34 bits per heavy atom. The number of fused-ring (bicyclic) bond motifs is 1. The van der Waals surface area contributed by atoms with Gasteiger partial charge < -0.3 is 14.8 Å². The van der Waals surface area contributed by atoms with Crippen LogP contribution in [0, 0.1) is 22.7 Å². The van der Waals surface area contributed by atoms with Gasteiger partial charge in [0.15, 0.2) is 11.5 Å². The SMILES string of the molecule is CC[C@H](C)Oc1c(Cl)cc(/C=C(\C#N)C(=O)Nc2sc3c(c2C#N)CCCC3)cc1OC. The highest BCUT2D eigenvalue weighted by atomic mass is 35.5. The molecule has 1 aromatic heterocycles. The number of nitrogens with zero attached hydrogens (tertiary/aromatic N) is 2. The quantitative estimate of drug-likeness (QED) is 0.403. The Kier molecular flexibility index (Phi) is 7.80. The monoisotopic (exact) mass is 469 g/mol. The number of rotatable bonds is 7. The molecular weight excluding hydrogens is 446 g/mol. The van der Waals surface area contributed by atoms with Crippen molar-refractivity contribution in [2.75, 3.05) is 12.4 Å². The Balaban J connectivity index is 1.89. The van der Waals surface area contributed by atoms with E-state index in [0.29, 0.717) is 32.6 Å². The average Bonchev–Trinajstić information content (AvgIpc) is 3.15. The van der Waals surface area contributed by atoms with E-state index in [1.807, 2.05) is 19.9 Å². The number of halogens is 1. The molecule has 1 amide bonds. The number of anilines is 1. The Morgan fingerprint density at radius 3 is 2.75 bits per heavy atom. The first-order valence-corrected chi connectivity index (χ1v) is 11.6. The fourth-order valence-electron chi connectivity index (χ4n) is 3.48. The topological polar surface area (TPSA) is 95.1 Å². The van der Waals surface area contributed by atoms with E-state index in [0.717, 1.165) is 42.5 Å². The maximum absolute atomic E-state index is 12.8. The van der Waals surface area contributed by atoms with Gasteiger partial charge in [0, 0.05) is 4.88 Å². The van der Waals surface area contributed by atoms with Crippen LogP contribution < -0.4 is 14.8 Å². The Morgan fingerprint density at radius 2 is 2.09 bits per heavy atom. The van der Waals surface area contributed by atoms with Gasteiger partial charge in [0.2, 0.25) is 0 Å². The van der Waals surface area contributed by atoms with Crippen molar-refractivity contribution in [1.82, 2.24) is 0 Å². The number of aryl methyl sites for hydroxylation is 1. The molecule has 1 aliphatic carbocycles. The van der Waals surface area contributed by atoms with Crippen LogP contribution in [0.4, 0.5) is 5.00 Å². The summed E-state index contributed by atoms with van der Waals surface area (Å²) < 4.78 is 11.2. The van der Waals surface area contributed by atoms with E-state index in [1.54, 1.807) is 12.1 Å². The van der Waals surface area contributed by atoms with Crippen molar-refractivity contribution < 1.29 is 14.3 Å². The molecule has 2 aromatic rings. The molecule has 0 radical (unpaired) electrons. The number of methoxy groups -OCH3 is 1. The Hall–Kier alpha value is -3.00. The molecule has 0 fully saturated rings. The second-order valence-corrected chi connectivity index (χ2v) is 9.03. The van der Waals surface area contributed by atoms with Crippen molar-refractivity contribution in [3.05, 3.63) is 44.3 Å². The lowest BCUT2D eigenvalue weighted by atomic mass is 9.96. The number of hydrogen-bond acceptors (Lipinski definition) is 6. The van der Waals surface area contributed by atoms with Crippen molar-refractivity contribution in [2.24, 2.45) is 0 Å². The molecule has 32 heavy (non-hydrogen) atoms. The van der Waals surface area contributed by atoms with Gasteiger partial charge in [-0.3, -0.25) is 4.79 Å². The molecule has 0 spiro atoms. The first-order chi connectivity index (χ1) is 15.4. The van der Waals surface area contributed by atoms with Crippen LogP contribution in [-0.2, 0) is 17.6 Å². The third-order valence-electron chi connectivity index (χ3n) is 5.33. The van der Waals surface area contributed by atoms with Gasteiger partial charge in [0.25, 0.3) is 5.91 Å². The number of nitriles is 2. The van der Waals surface area contributed by atoms with Gasteiger partial charge >= 0.3 is 0 Å². The van der Waals surface area contributed by atoms with Crippen LogP contribution in [0.2, 0.25) is 5.02 Å². The lowest BCUT2D eigenvalue weighted by Gasteiger charge is -2.17. The van der Waals surface area contributed by atoms with E-state index in [9.17, 15) is 15.3 Å². The molecule has 3 rings (SSSR count). The number of nitrogens with one attached hydrogen (secondary N) is 1. The highest BCUT2D eigenvalue weighted by Gasteiger charge is 2.23. The van der Waals surface area contributed by atoms with Gasteiger partial charge in [0.05, 0.1) is 23.8 Å². The third kappa shape index (κ3) is 5.07. The number of hydrogen-bond donors (Lipinski definition) is 1. The summed E-state index contributed by atoms with van der Waals surface area (Å²) in [7, 11) is 1.50. The second-order valence-electron chi connectivity index (χ2n) is 7.52. The summed E-state index contributed by atoms with van der Waals surface area (Å²) in [4.78, 5) is 14.0. The highest BCUT2D eigenvalue weighted by molar-refractivity contribution is 7.16. The van der Waals surface area contributed by atoms with Crippen LogP contribution in [0.5, 0.6) is 11.5 Å². The average molecular weight is 470 g/mol. The molecule has 1 aliphatic rings. The number of ether oxygens (including phenoxy) is 2. The smallest absolute Gasteiger partial charge is 0.266 e. The zero-order valence-corrected chi connectivity index (χ0v) is 19.8. The van der Waals surface area contributed by atoms with Gasteiger partial charge in [-0.2, -0.15) is 10.5 Å². The van der Waals surface area contributed by atoms with E-state index < -0.39 is 5.91 Å². The lowest BCUT2D eigenvalue weighted by Crippen LogP contribution is -2.13. The standard InChI is InChI=1S/C24H24ClN3O3S/c1-4-14(2)31-22-19(25)10-15(11-20(22)30-3)9-16(12-26)23(29)28-24-18(13-27)17-7-5-6-8-21(17)32-24/h9-11,14H,4-8H2,1-3H3,(H,28,29)/b16-9+/t14-/m0/s1. The Labute approximate surface area is 197 Å². The van der Waals surface area contributed by atoms with Crippen molar-refractivity contribution in [3.63, 3.8) is 0 Å². The van der Waals surface area contributed by atoms with Gasteiger partial charge in [0.1, 0.15) is 22.7 Å². The molecule has 6 nitrogen and oxygen atoms in total. The zero-order chi connectivity index (χ0) is 23.3. The number of benzene rings is 1. The van der Waals surface area contributed by atoms with E-state index in [-0.39, 0.29) is 11.7 Å². The molecule has 0 bridgehead atoms. The van der Waals surface area contributed by atoms with Crippen molar-refractivity contribution in [1.29, 1.82) is 10.5 Å². The molecular formula is C24H24ClN3O3S. The lowest BCUT2D eigenvalue weighted by molar-refractivity contribution is -0.112. The van der Waals surface area contributed by atoms with Crippen molar-refractivity contribution in [3.8, 4) is 23.6 Å². The van der Waals surface area contributed by atoms with Crippen LogP contribution in [0.25, 0.3) is 6.08 Å². The summed E-state index contributed by atoms with van der Waals surface area (Å²) in [6.45, 7) is 3.93. The molecule has 1 atom stereocenters. The van der Waals surface area contributed by atoms with E-state index in [4.69, 9.17) is 21.1 Å². The summed E-state index contributed by atoms with van der Waals surface area (Å²) >= 11 is 7.81. The summed E-state index contributed by atoms with van der Waals surface area (Å²) in [5.74, 6) is 0.267. The molecule has 0 saturated heterocycles. The summed E-state index contributed by atoms with van der Waals surface area (Å²) in [5, 5.41) is 22.8. The Bertz CT molecular complexity index is 1140. The number of thiophene rings is 1. The number of carbonyl (C=O) groups excluding carboxylic acids is 1. The van der Waals surface area contributed by atoms with Gasteiger partial charge in [-0.1, -0.05) is 18.5 Å². The fourth-order valence-corrected chi connectivity index (χ4v) is 4.98. The maximum atomic E-state index is 12.8. The molecule has 1 aromatic carbocycles.